The van der Waals surface area contributed by atoms with Gasteiger partial charge in [-0.25, -0.2) is 9.97 Å². The summed E-state index contributed by atoms with van der Waals surface area (Å²) in [5.74, 6) is 0.701. The highest BCUT2D eigenvalue weighted by Crippen LogP contribution is 2.15. The molecule has 0 fully saturated rings. The van der Waals surface area contributed by atoms with E-state index in [9.17, 15) is 4.79 Å². The van der Waals surface area contributed by atoms with Crippen LogP contribution in [0.5, 0.6) is 0 Å². The molecule has 0 bridgehead atoms. The summed E-state index contributed by atoms with van der Waals surface area (Å²) in [7, 11) is 0. The van der Waals surface area contributed by atoms with Crippen molar-refractivity contribution in [3.63, 3.8) is 0 Å². The Balaban J connectivity index is 2.60. The third-order valence-corrected chi connectivity index (χ3v) is 2.10. The third-order valence-electron chi connectivity index (χ3n) is 1.91. The molecule has 1 unspecified atom stereocenters. The fraction of sp³-hybridized carbons (Fsp3) is 0.444. The van der Waals surface area contributed by atoms with Gasteiger partial charge in [0.15, 0.2) is 5.12 Å². The Morgan fingerprint density at radius 2 is 2.43 bits per heavy atom. The van der Waals surface area contributed by atoms with E-state index in [1.807, 2.05) is 6.92 Å². The highest BCUT2D eigenvalue weighted by Gasteiger charge is 2.09. The molecule has 0 saturated carbocycles. The topological polar surface area (TPSA) is 68.9 Å². The van der Waals surface area contributed by atoms with Crippen LogP contribution in [0.1, 0.15) is 18.9 Å². The minimum atomic E-state index is -0.104. The summed E-state index contributed by atoms with van der Waals surface area (Å²) in [5.41, 5.74) is 6.53. The number of nitrogen functional groups attached to an aromatic ring is 1. The maximum Gasteiger partial charge on any atom is 0.186 e. The number of carbonyl (C=O) groups excluding carboxylic acids is 1. The second-order valence-corrected chi connectivity index (χ2v) is 3.84. The molecule has 0 aliphatic carbocycles. The maximum absolute atomic E-state index is 10.7. The smallest absolute Gasteiger partial charge is 0.186 e. The van der Waals surface area contributed by atoms with Gasteiger partial charge in [0.25, 0.3) is 0 Å². The fourth-order valence-corrected chi connectivity index (χ4v) is 1.58. The highest BCUT2D eigenvalue weighted by atomic mass is 32.1. The average Bonchev–Trinajstić information content (AvgIpc) is 2.07. The highest BCUT2D eigenvalue weighted by molar-refractivity contribution is 7.96. The van der Waals surface area contributed by atoms with Gasteiger partial charge in [-0.3, -0.25) is 4.79 Å². The molecule has 2 N–H and O–H groups in total. The third kappa shape index (κ3) is 3.33. The molecule has 0 aliphatic heterocycles. The van der Waals surface area contributed by atoms with E-state index < -0.39 is 0 Å². The first kappa shape index (κ1) is 11.0. The zero-order chi connectivity index (χ0) is 10.6. The van der Waals surface area contributed by atoms with Crippen LogP contribution >= 0.6 is 12.6 Å². The first-order chi connectivity index (χ1) is 6.59. The number of nitrogens with zero attached hydrogens (tertiary/aromatic N) is 2. The van der Waals surface area contributed by atoms with Crippen LogP contribution in [-0.4, -0.2) is 15.1 Å². The molecular formula is C9H13N3OS. The van der Waals surface area contributed by atoms with Gasteiger partial charge in [0.05, 0.1) is 0 Å². The minimum Gasteiger partial charge on any atom is -0.383 e. The number of rotatable bonds is 4. The van der Waals surface area contributed by atoms with Gasteiger partial charge in [-0.05, 0) is 12.3 Å². The average molecular weight is 211 g/mol. The molecule has 0 amide bonds. The number of hydrogen-bond acceptors (Lipinski definition) is 4. The first-order valence-corrected chi connectivity index (χ1v) is 4.80. The lowest BCUT2D eigenvalue weighted by Crippen LogP contribution is -2.07. The van der Waals surface area contributed by atoms with Crippen LogP contribution in [0.3, 0.4) is 0 Å². The Morgan fingerprint density at radius 1 is 1.71 bits per heavy atom. The van der Waals surface area contributed by atoms with Crippen molar-refractivity contribution in [1.29, 1.82) is 0 Å². The van der Waals surface area contributed by atoms with Crippen molar-refractivity contribution in [1.82, 2.24) is 9.97 Å². The molecular weight excluding hydrogens is 198 g/mol. The van der Waals surface area contributed by atoms with E-state index in [1.165, 1.54) is 6.33 Å². The van der Waals surface area contributed by atoms with E-state index in [4.69, 9.17) is 5.73 Å². The van der Waals surface area contributed by atoms with Crippen molar-refractivity contribution in [2.45, 2.75) is 19.8 Å². The molecule has 0 aromatic carbocycles. The van der Waals surface area contributed by atoms with Crippen molar-refractivity contribution in [3.8, 4) is 0 Å². The minimum absolute atomic E-state index is 0.104. The van der Waals surface area contributed by atoms with Gasteiger partial charge in [0.2, 0.25) is 0 Å². The Hall–Kier alpha value is -1.10. The summed E-state index contributed by atoms with van der Waals surface area (Å²) in [6, 6.07) is 0. The predicted octanol–water partition coefficient (Wildman–Crippen LogP) is 1.08. The molecule has 1 rings (SSSR count). The molecule has 76 valence electrons. The maximum atomic E-state index is 10.7. The van der Waals surface area contributed by atoms with Gasteiger partial charge in [-0.15, -0.1) is 12.6 Å². The molecule has 1 aromatic rings. The number of nitrogens with two attached hydrogens (primary N) is 1. The van der Waals surface area contributed by atoms with Gasteiger partial charge in [0, 0.05) is 18.2 Å². The quantitative estimate of drug-likeness (QED) is 0.731. The molecule has 0 aliphatic rings. The molecule has 14 heavy (non-hydrogen) atoms. The van der Waals surface area contributed by atoms with Gasteiger partial charge >= 0.3 is 0 Å². The number of carbonyl (C=O) groups is 1. The lowest BCUT2D eigenvalue weighted by molar-refractivity contribution is -0.111. The van der Waals surface area contributed by atoms with Crippen molar-refractivity contribution < 1.29 is 4.79 Å². The molecule has 1 aromatic heterocycles. The van der Waals surface area contributed by atoms with Crippen LogP contribution in [0.2, 0.25) is 0 Å². The van der Waals surface area contributed by atoms with E-state index in [-0.39, 0.29) is 11.0 Å². The Bertz CT molecular complexity index is 330. The summed E-state index contributed by atoms with van der Waals surface area (Å²) < 4.78 is 0. The number of anilines is 1. The van der Waals surface area contributed by atoms with E-state index in [0.29, 0.717) is 18.7 Å². The van der Waals surface area contributed by atoms with Crippen LogP contribution < -0.4 is 5.73 Å². The molecule has 1 heterocycles. The van der Waals surface area contributed by atoms with Gasteiger partial charge in [0.1, 0.15) is 12.1 Å². The molecule has 1 atom stereocenters. The van der Waals surface area contributed by atoms with Crippen molar-refractivity contribution in [2.24, 2.45) is 5.92 Å². The lowest BCUT2D eigenvalue weighted by atomic mass is 10.0. The summed E-state index contributed by atoms with van der Waals surface area (Å²) >= 11 is 3.73. The Kier molecular flexibility index (Phi) is 3.88. The van der Waals surface area contributed by atoms with Crippen LogP contribution in [0, 0.1) is 5.92 Å². The summed E-state index contributed by atoms with van der Waals surface area (Å²) in [5, 5.41) is -0.104. The van der Waals surface area contributed by atoms with Crippen LogP contribution in [0.25, 0.3) is 0 Å². The molecule has 0 radical (unpaired) electrons. The Morgan fingerprint density at radius 3 is 3.00 bits per heavy atom. The predicted molar refractivity (Wildman–Crippen MR) is 57.9 cm³/mol. The van der Waals surface area contributed by atoms with E-state index in [1.54, 1.807) is 6.20 Å². The summed E-state index contributed by atoms with van der Waals surface area (Å²) in [6.45, 7) is 1.97. The van der Waals surface area contributed by atoms with Crippen molar-refractivity contribution >= 4 is 23.6 Å². The number of hydrogen-bond donors (Lipinski definition) is 2. The summed E-state index contributed by atoms with van der Waals surface area (Å²) in [6.07, 6.45) is 4.24. The molecule has 0 saturated heterocycles. The zero-order valence-corrected chi connectivity index (χ0v) is 8.87. The number of aromatic nitrogens is 2. The lowest BCUT2D eigenvalue weighted by Gasteiger charge is -2.09. The van der Waals surface area contributed by atoms with Gasteiger partial charge in [-0.1, -0.05) is 6.92 Å². The van der Waals surface area contributed by atoms with Crippen LogP contribution in [0.15, 0.2) is 12.5 Å². The normalized spacial score (nSPS) is 12.4. The fourth-order valence-electron chi connectivity index (χ4n) is 1.27. The van der Waals surface area contributed by atoms with Crippen molar-refractivity contribution in [2.75, 3.05) is 5.73 Å². The number of thiol groups is 1. The van der Waals surface area contributed by atoms with Gasteiger partial charge < -0.3 is 5.73 Å². The largest absolute Gasteiger partial charge is 0.383 e. The van der Waals surface area contributed by atoms with E-state index in [2.05, 4.69) is 22.6 Å². The van der Waals surface area contributed by atoms with Crippen molar-refractivity contribution in [3.05, 3.63) is 18.1 Å². The SMILES string of the molecule is CC(CC(=O)S)Cc1cncnc1N. The first-order valence-electron chi connectivity index (χ1n) is 4.35. The standard InChI is InChI=1S/C9H13N3OS/c1-6(3-8(13)14)2-7-4-11-5-12-9(7)10/h4-6H,2-3H2,1H3,(H,13,14)(H2,10,11,12). The monoisotopic (exact) mass is 211 g/mol. The van der Waals surface area contributed by atoms with E-state index in [0.717, 1.165) is 5.56 Å². The van der Waals surface area contributed by atoms with Crippen LogP contribution in [0.4, 0.5) is 5.82 Å². The second-order valence-electron chi connectivity index (χ2n) is 3.34. The molecule has 0 spiro atoms. The summed E-state index contributed by atoms with van der Waals surface area (Å²) in [4.78, 5) is 18.5. The Labute approximate surface area is 88.4 Å². The van der Waals surface area contributed by atoms with Crippen LogP contribution in [-0.2, 0) is 11.2 Å². The molecule has 4 nitrogen and oxygen atoms in total. The second kappa shape index (κ2) is 4.95. The van der Waals surface area contributed by atoms with E-state index >= 15 is 0 Å². The van der Waals surface area contributed by atoms with Gasteiger partial charge in [-0.2, -0.15) is 0 Å². The zero-order valence-electron chi connectivity index (χ0n) is 7.97. The molecule has 5 heteroatoms.